The van der Waals surface area contributed by atoms with Gasteiger partial charge in [0.15, 0.2) is 12.8 Å². The summed E-state index contributed by atoms with van der Waals surface area (Å²) in [6, 6.07) is 17.8. The highest BCUT2D eigenvalue weighted by Crippen LogP contribution is 2.39. The van der Waals surface area contributed by atoms with E-state index in [-0.39, 0.29) is 18.7 Å². The summed E-state index contributed by atoms with van der Waals surface area (Å²) in [4.78, 5) is 12.3. The molecule has 0 saturated carbocycles. The third-order valence-electron chi connectivity index (χ3n) is 5.32. The van der Waals surface area contributed by atoms with Crippen LogP contribution in [0.15, 0.2) is 54.6 Å². The van der Waals surface area contributed by atoms with Crippen molar-refractivity contribution in [3.05, 3.63) is 82.4 Å². The van der Waals surface area contributed by atoms with Gasteiger partial charge in [-0.15, -0.1) is 0 Å². The lowest BCUT2D eigenvalue weighted by Crippen LogP contribution is -2.20. The maximum Gasteiger partial charge on any atom is 0.262 e. The van der Waals surface area contributed by atoms with Crippen LogP contribution in [-0.4, -0.2) is 12.5 Å². The van der Waals surface area contributed by atoms with Crippen LogP contribution in [0, 0.1) is 27.7 Å². The van der Waals surface area contributed by atoms with Gasteiger partial charge in [-0.3, -0.25) is 4.79 Å². The maximum atomic E-state index is 12.3. The fraction of sp³-hybridized carbons (Fsp3) is 0.240. The summed E-state index contributed by atoms with van der Waals surface area (Å²) in [6.45, 7) is 8.14. The van der Waals surface area contributed by atoms with E-state index in [2.05, 4.69) is 42.7 Å². The van der Waals surface area contributed by atoms with Gasteiger partial charge in [0.1, 0.15) is 11.5 Å². The Bertz CT molecular complexity index is 1110. The minimum atomic E-state index is -0.238. The molecule has 1 atom stereocenters. The van der Waals surface area contributed by atoms with Crippen molar-refractivity contribution in [2.45, 2.75) is 33.9 Å². The summed E-state index contributed by atoms with van der Waals surface area (Å²) in [5.74, 6) is 1.28. The lowest BCUT2D eigenvalue weighted by molar-refractivity contribution is -0.118. The Balaban J connectivity index is 1.38. The molecule has 0 aliphatic carbocycles. The molecule has 0 spiro atoms. The lowest BCUT2D eigenvalue weighted by Gasteiger charge is -2.13. The van der Waals surface area contributed by atoms with E-state index in [1.807, 2.05) is 50.2 Å². The molecule has 1 heterocycles. The largest absolute Gasteiger partial charge is 0.483 e. The molecule has 30 heavy (non-hydrogen) atoms. The van der Waals surface area contributed by atoms with Gasteiger partial charge < -0.3 is 20.1 Å². The van der Waals surface area contributed by atoms with Crippen LogP contribution in [0.4, 0.5) is 11.4 Å². The van der Waals surface area contributed by atoms with Gasteiger partial charge in [-0.1, -0.05) is 35.9 Å². The summed E-state index contributed by atoms with van der Waals surface area (Å²) in [7, 11) is 0. The van der Waals surface area contributed by atoms with Gasteiger partial charge in [-0.05, 0) is 68.7 Å². The smallest absolute Gasteiger partial charge is 0.262 e. The first-order chi connectivity index (χ1) is 14.4. The maximum absolute atomic E-state index is 12.3. The number of hydrogen-bond donors (Lipinski definition) is 2. The third-order valence-corrected chi connectivity index (χ3v) is 5.32. The monoisotopic (exact) mass is 402 g/mol. The van der Waals surface area contributed by atoms with Crippen molar-refractivity contribution in [2.75, 3.05) is 17.2 Å². The Hall–Kier alpha value is -3.47. The fourth-order valence-electron chi connectivity index (χ4n) is 3.50. The van der Waals surface area contributed by atoms with E-state index in [9.17, 15) is 4.79 Å². The van der Waals surface area contributed by atoms with E-state index in [1.165, 1.54) is 11.1 Å². The summed E-state index contributed by atoms with van der Waals surface area (Å²) >= 11 is 0. The van der Waals surface area contributed by atoms with Gasteiger partial charge in [-0.2, -0.15) is 0 Å². The molecule has 154 valence electrons. The van der Waals surface area contributed by atoms with Gasteiger partial charge in [0.2, 0.25) is 0 Å². The van der Waals surface area contributed by atoms with Gasteiger partial charge in [-0.25, -0.2) is 0 Å². The van der Waals surface area contributed by atoms with Crippen LogP contribution < -0.4 is 20.1 Å². The van der Waals surface area contributed by atoms with Crippen molar-refractivity contribution < 1.29 is 14.3 Å². The second-order valence-electron chi connectivity index (χ2n) is 7.80. The van der Waals surface area contributed by atoms with Crippen LogP contribution in [0.1, 0.15) is 34.0 Å². The third kappa shape index (κ3) is 4.25. The second-order valence-corrected chi connectivity index (χ2v) is 7.80. The standard InChI is InChI=1S/C25H26N2O3/c1-15-5-9-22(18(4)11-15)29-14-24(28)26-20-8-10-23-21(13-20)27-25(30-23)19-7-6-16(2)17(3)12-19/h5-13,25,27H,14H2,1-4H3,(H,26,28). The summed E-state index contributed by atoms with van der Waals surface area (Å²) in [5.41, 5.74) is 7.27. The minimum absolute atomic E-state index is 0.0455. The zero-order valence-electron chi connectivity index (χ0n) is 17.7. The molecular weight excluding hydrogens is 376 g/mol. The van der Waals surface area contributed by atoms with E-state index in [1.54, 1.807) is 0 Å². The highest BCUT2D eigenvalue weighted by atomic mass is 16.5. The molecule has 5 nitrogen and oxygen atoms in total. The van der Waals surface area contributed by atoms with Crippen molar-refractivity contribution in [1.29, 1.82) is 0 Å². The number of aryl methyl sites for hydroxylation is 4. The average Bonchev–Trinajstić information content (AvgIpc) is 3.13. The molecule has 0 fully saturated rings. The van der Waals surface area contributed by atoms with Crippen molar-refractivity contribution in [3.8, 4) is 11.5 Å². The molecule has 0 aromatic heterocycles. The summed E-state index contributed by atoms with van der Waals surface area (Å²) < 4.78 is 11.7. The number of nitrogens with one attached hydrogen (secondary N) is 2. The lowest BCUT2D eigenvalue weighted by atomic mass is 10.1. The molecule has 4 rings (SSSR count). The summed E-state index contributed by atoms with van der Waals surface area (Å²) in [6.07, 6.45) is -0.238. The predicted molar refractivity (Wildman–Crippen MR) is 119 cm³/mol. The molecule has 3 aromatic carbocycles. The number of ether oxygens (including phenoxy) is 2. The van der Waals surface area contributed by atoms with Crippen LogP contribution in [0.25, 0.3) is 0 Å². The molecule has 5 heteroatoms. The van der Waals surface area contributed by atoms with Crippen LogP contribution >= 0.6 is 0 Å². The van der Waals surface area contributed by atoms with Gasteiger partial charge in [0.25, 0.3) is 5.91 Å². The number of benzene rings is 3. The normalized spacial score (nSPS) is 14.5. The first-order valence-electron chi connectivity index (χ1n) is 10.0. The average molecular weight is 402 g/mol. The number of carbonyl (C=O) groups is 1. The molecule has 1 aliphatic rings. The quantitative estimate of drug-likeness (QED) is 0.597. The predicted octanol–water partition coefficient (Wildman–Crippen LogP) is 5.44. The number of fused-ring (bicyclic) bond motifs is 1. The number of hydrogen-bond acceptors (Lipinski definition) is 4. The highest BCUT2D eigenvalue weighted by molar-refractivity contribution is 5.92. The molecule has 1 unspecified atom stereocenters. The van der Waals surface area contributed by atoms with Gasteiger partial charge >= 0.3 is 0 Å². The van der Waals surface area contributed by atoms with E-state index < -0.39 is 0 Å². The first kappa shape index (κ1) is 19.8. The van der Waals surface area contributed by atoms with Gasteiger partial charge in [0, 0.05) is 11.3 Å². The molecule has 0 saturated heterocycles. The van der Waals surface area contributed by atoms with E-state index in [0.717, 1.165) is 33.9 Å². The van der Waals surface area contributed by atoms with Crippen molar-refractivity contribution >= 4 is 17.3 Å². The number of amides is 1. The number of rotatable bonds is 5. The van der Waals surface area contributed by atoms with Crippen LogP contribution in [0.2, 0.25) is 0 Å². The Morgan fingerprint density at radius 2 is 1.80 bits per heavy atom. The van der Waals surface area contributed by atoms with E-state index in [0.29, 0.717) is 5.69 Å². The Labute approximate surface area is 177 Å². The SMILES string of the molecule is Cc1ccc(OCC(=O)Nc2ccc3c(c2)NC(c2ccc(C)c(C)c2)O3)c(C)c1. The number of carbonyl (C=O) groups excluding carboxylic acids is 1. The molecule has 2 N–H and O–H groups in total. The Morgan fingerprint density at radius 3 is 2.57 bits per heavy atom. The Morgan fingerprint density at radius 1 is 0.967 bits per heavy atom. The van der Waals surface area contributed by atoms with Crippen molar-refractivity contribution in [1.82, 2.24) is 0 Å². The van der Waals surface area contributed by atoms with Crippen molar-refractivity contribution in [2.24, 2.45) is 0 Å². The Kier molecular flexibility index (Phi) is 5.36. The van der Waals surface area contributed by atoms with Gasteiger partial charge in [0.05, 0.1) is 5.69 Å². The highest BCUT2D eigenvalue weighted by Gasteiger charge is 2.24. The first-order valence-corrected chi connectivity index (χ1v) is 10.0. The van der Waals surface area contributed by atoms with Crippen LogP contribution in [0.5, 0.6) is 11.5 Å². The van der Waals surface area contributed by atoms with E-state index >= 15 is 0 Å². The van der Waals surface area contributed by atoms with Crippen LogP contribution in [-0.2, 0) is 4.79 Å². The van der Waals surface area contributed by atoms with E-state index in [4.69, 9.17) is 9.47 Å². The van der Waals surface area contributed by atoms with Crippen LogP contribution in [0.3, 0.4) is 0 Å². The second kappa shape index (κ2) is 8.11. The molecule has 3 aromatic rings. The van der Waals surface area contributed by atoms with Crippen molar-refractivity contribution in [3.63, 3.8) is 0 Å². The summed E-state index contributed by atoms with van der Waals surface area (Å²) in [5, 5.41) is 6.26. The minimum Gasteiger partial charge on any atom is -0.483 e. The molecule has 1 aliphatic heterocycles. The number of anilines is 2. The molecule has 1 amide bonds. The molecule has 0 radical (unpaired) electrons. The zero-order chi connectivity index (χ0) is 21.3. The molecule has 0 bridgehead atoms. The molecular formula is C25H26N2O3. The zero-order valence-corrected chi connectivity index (χ0v) is 17.7. The fourth-order valence-corrected chi connectivity index (χ4v) is 3.50. The topological polar surface area (TPSA) is 59.6 Å².